The molecule has 7 heteroatoms. The molecule has 156 valence electrons. The molecule has 0 aliphatic heterocycles. The van der Waals surface area contributed by atoms with Crippen molar-refractivity contribution in [2.45, 2.75) is 38.6 Å². The molecule has 1 aliphatic carbocycles. The predicted octanol–water partition coefficient (Wildman–Crippen LogP) is 4.58. The highest BCUT2D eigenvalue weighted by atomic mass is 32.1. The molecule has 2 atom stereocenters. The van der Waals surface area contributed by atoms with Crippen molar-refractivity contribution in [2.24, 2.45) is 5.92 Å². The summed E-state index contributed by atoms with van der Waals surface area (Å²) >= 11 is 1.29. The van der Waals surface area contributed by atoms with Gasteiger partial charge >= 0.3 is 5.97 Å². The molecule has 1 heterocycles. The molecule has 1 aromatic carbocycles. The van der Waals surface area contributed by atoms with Crippen LogP contribution in [0.3, 0.4) is 0 Å². The molecule has 2 aromatic rings. The molecule has 1 saturated carbocycles. The minimum Gasteiger partial charge on any atom is -0.493 e. The summed E-state index contributed by atoms with van der Waals surface area (Å²) in [4.78, 5) is 25.3. The first-order chi connectivity index (χ1) is 14.5. The SMILES string of the molecule is COc1cc(/C=C(\C#N)C(=O)N[C@@H]2CCCC[C@H]2C)ccc1OC(=O)c1cccs1. The number of nitriles is 1. The molecule has 30 heavy (non-hydrogen) atoms. The van der Waals surface area contributed by atoms with E-state index in [2.05, 4.69) is 12.2 Å². The van der Waals surface area contributed by atoms with Gasteiger partial charge in [-0.15, -0.1) is 11.3 Å². The van der Waals surface area contributed by atoms with Gasteiger partial charge in [0.2, 0.25) is 0 Å². The molecule has 0 unspecified atom stereocenters. The maximum atomic E-state index is 12.6. The number of carbonyl (C=O) groups excluding carboxylic acids is 2. The van der Waals surface area contributed by atoms with Crippen molar-refractivity contribution in [3.63, 3.8) is 0 Å². The van der Waals surface area contributed by atoms with Crippen molar-refractivity contribution < 1.29 is 19.1 Å². The highest BCUT2D eigenvalue weighted by Crippen LogP contribution is 2.30. The number of hydrogen-bond acceptors (Lipinski definition) is 6. The number of hydrogen-bond donors (Lipinski definition) is 1. The average Bonchev–Trinajstić information content (AvgIpc) is 3.29. The van der Waals surface area contributed by atoms with Gasteiger partial charge in [0.05, 0.1) is 7.11 Å². The maximum absolute atomic E-state index is 12.6. The van der Waals surface area contributed by atoms with Gasteiger partial charge in [-0.3, -0.25) is 4.79 Å². The molecule has 1 N–H and O–H groups in total. The van der Waals surface area contributed by atoms with Crippen molar-refractivity contribution in [3.8, 4) is 17.6 Å². The van der Waals surface area contributed by atoms with E-state index in [1.165, 1.54) is 30.9 Å². The molecule has 0 saturated heterocycles. The number of methoxy groups -OCH3 is 1. The predicted molar refractivity (Wildman–Crippen MR) is 115 cm³/mol. The highest BCUT2D eigenvalue weighted by Gasteiger charge is 2.24. The molecule has 0 radical (unpaired) electrons. The van der Waals surface area contributed by atoms with Crippen LogP contribution in [0.25, 0.3) is 6.08 Å². The Morgan fingerprint density at radius 1 is 1.23 bits per heavy atom. The van der Waals surface area contributed by atoms with E-state index in [4.69, 9.17) is 9.47 Å². The van der Waals surface area contributed by atoms with Gasteiger partial charge in [0.1, 0.15) is 16.5 Å². The number of benzene rings is 1. The standard InChI is InChI=1S/C23H24N2O4S/c1-15-6-3-4-7-18(15)25-22(26)17(14-24)12-16-9-10-19(20(13-16)28-2)29-23(27)21-8-5-11-30-21/h5,8-13,15,18H,3-4,6-7H2,1-2H3,(H,25,26)/b17-12+/t15-,18-/m1/s1. The minimum atomic E-state index is -0.467. The second-order valence-corrected chi connectivity index (χ2v) is 8.24. The third-order valence-corrected chi connectivity index (χ3v) is 6.07. The number of amides is 1. The third-order valence-electron chi connectivity index (χ3n) is 5.22. The van der Waals surface area contributed by atoms with Gasteiger partial charge in [0.25, 0.3) is 5.91 Å². The lowest BCUT2D eigenvalue weighted by Gasteiger charge is -2.29. The molecule has 3 rings (SSSR count). The van der Waals surface area contributed by atoms with Gasteiger partial charge in [-0.2, -0.15) is 5.26 Å². The van der Waals surface area contributed by atoms with E-state index >= 15 is 0 Å². The van der Waals surface area contributed by atoms with Crippen LogP contribution in [0, 0.1) is 17.2 Å². The van der Waals surface area contributed by atoms with E-state index < -0.39 is 5.97 Å². The van der Waals surface area contributed by atoms with Crippen LogP contribution in [0.2, 0.25) is 0 Å². The summed E-state index contributed by atoms with van der Waals surface area (Å²) in [5.74, 6) is 0.174. The Kier molecular flexibility index (Phi) is 7.26. The first-order valence-corrected chi connectivity index (χ1v) is 10.8. The summed E-state index contributed by atoms with van der Waals surface area (Å²) in [6.07, 6.45) is 5.79. The summed E-state index contributed by atoms with van der Waals surface area (Å²) in [5.41, 5.74) is 0.629. The summed E-state index contributed by atoms with van der Waals surface area (Å²) in [6, 6.07) is 10.4. The second-order valence-electron chi connectivity index (χ2n) is 7.29. The monoisotopic (exact) mass is 424 g/mol. The van der Waals surface area contributed by atoms with Gasteiger partial charge in [0.15, 0.2) is 11.5 Å². The summed E-state index contributed by atoms with van der Waals surface area (Å²) < 4.78 is 10.7. The summed E-state index contributed by atoms with van der Waals surface area (Å²) in [7, 11) is 1.47. The number of rotatable bonds is 6. The normalized spacial score (nSPS) is 18.9. The van der Waals surface area contributed by atoms with Crippen molar-refractivity contribution >= 4 is 29.3 Å². The Morgan fingerprint density at radius 2 is 2.03 bits per heavy atom. The molecule has 1 aliphatic rings. The van der Waals surface area contributed by atoms with Crippen LogP contribution in [0.15, 0.2) is 41.3 Å². The van der Waals surface area contributed by atoms with Gasteiger partial charge in [0, 0.05) is 6.04 Å². The Morgan fingerprint density at radius 3 is 2.70 bits per heavy atom. The number of thiophene rings is 1. The molecular formula is C23H24N2O4S. The van der Waals surface area contributed by atoms with Crippen molar-refractivity contribution in [2.75, 3.05) is 7.11 Å². The Hall–Kier alpha value is -3.11. The lowest BCUT2D eigenvalue weighted by atomic mass is 9.86. The molecular weight excluding hydrogens is 400 g/mol. The topological polar surface area (TPSA) is 88.4 Å². The molecule has 6 nitrogen and oxygen atoms in total. The lowest BCUT2D eigenvalue weighted by molar-refractivity contribution is -0.118. The number of nitrogens with one attached hydrogen (secondary N) is 1. The summed E-state index contributed by atoms with van der Waals surface area (Å²) in [5, 5.41) is 14.3. The van der Waals surface area contributed by atoms with Crippen LogP contribution >= 0.6 is 11.3 Å². The first kappa shape index (κ1) is 21.6. The van der Waals surface area contributed by atoms with E-state index in [0.717, 1.165) is 19.3 Å². The van der Waals surface area contributed by atoms with E-state index in [9.17, 15) is 14.9 Å². The molecule has 1 aromatic heterocycles. The van der Waals surface area contributed by atoms with Gasteiger partial charge < -0.3 is 14.8 Å². The van der Waals surface area contributed by atoms with Crippen molar-refractivity contribution in [1.82, 2.24) is 5.32 Å². The highest BCUT2D eigenvalue weighted by molar-refractivity contribution is 7.12. The minimum absolute atomic E-state index is 0.0261. The number of carbonyl (C=O) groups is 2. The van der Waals surface area contributed by atoms with Crippen LogP contribution in [-0.2, 0) is 4.79 Å². The van der Waals surface area contributed by atoms with Crippen LogP contribution in [0.1, 0.15) is 47.8 Å². The average molecular weight is 425 g/mol. The van der Waals surface area contributed by atoms with Crippen LogP contribution in [-0.4, -0.2) is 25.0 Å². The Balaban J connectivity index is 1.75. The number of nitrogens with zero attached hydrogens (tertiary/aromatic N) is 1. The first-order valence-electron chi connectivity index (χ1n) is 9.88. The zero-order valence-corrected chi connectivity index (χ0v) is 17.8. The van der Waals surface area contributed by atoms with Gasteiger partial charge in [-0.1, -0.05) is 31.9 Å². The Labute approximate surface area is 180 Å². The van der Waals surface area contributed by atoms with E-state index in [1.54, 1.807) is 35.7 Å². The maximum Gasteiger partial charge on any atom is 0.353 e. The number of ether oxygens (including phenoxy) is 2. The third kappa shape index (κ3) is 5.28. The van der Waals surface area contributed by atoms with Crippen LogP contribution < -0.4 is 14.8 Å². The fraction of sp³-hybridized carbons (Fsp3) is 0.348. The molecule has 0 bridgehead atoms. The van der Waals surface area contributed by atoms with E-state index in [1.807, 2.05) is 6.07 Å². The number of esters is 1. The van der Waals surface area contributed by atoms with Crippen LogP contribution in [0.4, 0.5) is 0 Å². The van der Waals surface area contributed by atoms with Crippen molar-refractivity contribution in [1.29, 1.82) is 5.26 Å². The van der Waals surface area contributed by atoms with E-state index in [-0.39, 0.29) is 23.3 Å². The quantitative estimate of drug-likeness (QED) is 0.317. The van der Waals surface area contributed by atoms with Crippen molar-refractivity contribution in [3.05, 3.63) is 51.7 Å². The smallest absolute Gasteiger partial charge is 0.353 e. The van der Waals surface area contributed by atoms with Gasteiger partial charge in [-0.25, -0.2) is 4.79 Å². The fourth-order valence-corrected chi connectivity index (χ4v) is 4.09. The van der Waals surface area contributed by atoms with Gasteiger partial charge in [-0.05, 0) is 54.0 Å². The zero-order valence-electron chi connectivity index (χ0n) is 17.0. The summed E-state index contributed by atoms with van der Waals surface area (Å²) in [6.45, 7) is 2.13. The lowest BCUT2D eigenvalue weighted by Crippen LogP contribution is -2.41. The second kappa shape index (κ2) is 10.1. The Bertz CT molecular complexity index is 976. The fourth-order valence-electron chi connectivity index (χ4n) is 3.50. The largest absolute Gasteiger partial charge is 0.493 e. The molecule has 0 spiro atoms. The molecule has 1 fully saturated rings. The van der Waals surface area contributed by atoms with E-state index in [0.29, 0.717) is 22.1 Å². The van der Waals surface area contributed by atoms with Crippen LogP contribution in [0.5, 0.6) is 11.5 Å². The molecule has 1 amide bonds. The zero-order chi connectivity index (χ0) is 21.5.